The first-order chi connectivity index (χ1) is 28.1. The van der Waals surface area contributed by atoms with Gasteiger partial charge >= 0.3 is 5.76 Å². The van der Waals surface area contributed by atoms with Crippen LogP contribution in [-0.2, 0) is 23.2 Å². The van der Waals surface area contributed by atoms with Crippen LogP contribution in [0.5, 0.6) is 0 Å². The first-order valence-electron chi connectivity index (χ1n) is 20.4. The highest BCUT2D eigenvalue weighted by atomic mass is 19.1. The summed E-state index contributed by atoms with van der Waals surface area (Å²) in [6.45, 7) is 8.76. The van der Waals surface area contributed by atoms with E-state index < -0.39 is 11.3 Å². The number of hydrogen-bond acceptors (Lipinski definition) is 8. The van der Waals surface area contributed by atoms with E-state index >= 15 is 4.79 Å². The average molecular weight is 784 g/mol. The first-order valence-corrected chi connectivity index (χ1v) is 20.4. The molecule has 1 N–H and O–H groups in total. The second-order valence-corrected chi connectivity index (χ2v) is 16.7. The smallest absolute Gasteiger partial charge is 0.381 e. The number of hydrogen-bond donors (Lipinski definition) is 1. The van der Waals surface area contributed by atoms with Gasteiger partial charge < -0.3 is 19.1 Å². The van der Waals surface area contributed by atoms with E-state index in [1.54, 1.807) is 35.4 Å². The third-order valence-corrected chi connectivity index (χ3v) is 13.2. The zero-order valence-electron chi connectivity index (χ0n) is 33.0. The normalized spacial score (nSPS) is 22.1. The molecule has 3 aliphatic heterocycles. The zero-order chi connectivity index (χ0) is 39.9. The fourth-order valence-electron chi connectivity index (χ4n) is 9.93. The number of nitrogens with zero attached hydrogens (tertiary/aromatic N) is 6. The van der Waals surface area contributed by atoms with Gasteiger partial charge in [-0.2, -0.15) is 0 Å². The third-order valence-electron chi connectivity index (χ3n) is 13.2. The van der Waals surface area contributed by atoms with Crippen molar-refractivity contribution >= 4 is 22.8 Å². The lowest BCUT2D eigenvalue weighted by Crippen LogP contribution is -2.43. The number of rotatable bonds is 7. The Morgan fingerprint density at radius 2 is 1.69 bits per heavy atom. The molecule has 12 nitrogen and oxygen atoms in total. The summed E-state index contributed by atoms with van der Waals surface area (Å²) in [7, 11) is 0. The van der Waals surface area contributed by atoms with Crippen LogP contribution in [0.4, 0.5) is 10.3 Å². The van der Waals surface area contributed by atoms with Gasteiger partial charge in [-0.25, -0.2) is 18.7 Å². The van der Waals surface area contributed by atoms with E-state index in [0.29, 0.717) is 83.9 Å². The number of ether oxygens (including phenoxy) is 1. The fourth-order valence-corrected chi connectivity index (χ4v) is 9.93. The molecule has 10 rings (SSSR count). The molecule has 13 heteroatoms. The Labute approximate surface area is 334 Å². The van der Waals surface area contributed by atoms with Gasteiger partial charge in [0, 0.05) is 55.2 Å². The molecule has 1 aliphatic carbocycles. The molecular formula is C45H46FN7O5. The van der Waals surface area contributed by atoms with Crippen LogP contribution in [0.25, 0.3) is 16.6 Å². The zero-order valence-corrected chi connectivity index (χ0v) is 33.0. The topological polar surface area (TPSA) is 131 Å². The van der Waals surface area contributed by atoms with Crippen molar-refractivity contribution in [2.45, 2.75) is 76.8 Å². The molecule has 4 aliphatic rings. The number of aryl methyl sites for hydroxylation is 2. The van der Waals surface area contributed by atoms with Crippen molar-refractivity contribution in [3.8, 4) is 5.69 Å². The summed E-state index contributed by atoms with van der Waals surface area (Å²) in [6, 6.07) is 22.2. The van der Waals surface area contributed by atoms with Gasteiger partial charge in [0.15, 0.2) is 5.82 Å². The Balaban J connectivity index is 1.06. The molecule has 3 aromatic heterocycles. The number of fused-ring (bicyclic) bond motifs is 2. The summed E-state index contributed by atoms with van der Waals surface area (Å²) >= 11 is 0. The molecule has 0 radical (unpaired) electrons. The lowest BCUT2D eigenvalue weighted by molar-refractivity contribution is 0.0717. The van der Waals surface area contributed by atoms with Gasteiger partial charge in [0.1, 0.15) is 17.1 Å². The summed E-state index contributed by atoms with van der Waals surface area (Å²) in [5.41, 5.74) is 5.43. The highest BCUT2D eigenvalue weighted by Gasteiger charge is 2.59. The van der Waals surface area contributed by atoms with Crippen molar-refractivity contribution < 1.29 is 18.4 Å². The quantitative estimate of drug-likeness (QED) is 0.195. The maximum atomic E-state index is 15.0. The standard InChI is InChI=1S/C45H46FN7O5/c1-26-19-34(20-27(2)39(26)46)52-40(54)35-12-16-50(25-36(35)47-43(52)51-15-11-32(24-51)29-7-5-4-6-8-29)41(55)38-22-33-21-31(30-13-17-57-18-14-30)9-10-37(33)53(38)45(23-28(45)3)42-48-44(56)58-49-42/h4-10,19-22,28,30,32H,11-18,23-25H2,1-3H3,(H,48,49,56)/t28-,32-,45-/m1/s1. The van der Waals surface area contributed by atoms with Crippen LogP contribution in [-0.4, -0.2) is 67.9 Å². The second-order valence-electron chi connectivity index (χ2n) is 16.7. The lowest BCUT2D eigenvalue weighted by Gasteiger charge is -2.31. The number of carbonyl (C=O) groups excluding carboxylic acids is 1. The highest BCUT2D eigenvalue weighted by molar-refractivity contribution is 5.99. The van der Waals surface area contributed by atoms with Gasteiger partial charge in [-0.15, -0.1) is 0 Å². The minimum atomic E-state index is -0.775. The molecule has 0 bridgehead atoms. The van der Waals surface area contributed by atoms with Gasteiger partial charge in [0.25, 0.3) is 11.5 Å². The minimum Gasteiger partial charge on any atom is -0.381 e. The number of H-pyrrole nitrogens is 1. The van der Waals surface area contributed by atoms with Crippen LogP contribution in [0.15, 0.2) is 80.8 Å². The molecule has 3 atom stereocenters. The molecule has 1 amide bonds. The van der Waals surface area contributed by atoms with Crippen molar-refractivity contribution in [1.29, 1.82) is 0 Å². The Bertz CT molecular complexity index is 2690. The maximum Gasteiger partial charge on any atom is 0.438 e. The van der Waals surface area contributed by atoms with E-state index in [9.17, 15) is 14.0 Å². The molecule has 6 heterocycles. The molecule has 298 valence electrons. The van der Waals surface area contributed by atoms with E-state index in [-0.39, 0.29) is 35.7 Å². The predicted octanol–water partition coefficient (Wildman–Crippen LogP) is 6.49. The van der Waals surface area contributed by atoms with E-state index in [4.69, 9.17) is 14.2 Å². The molecule has 3 fully saturated rings. The maximum absolute atomic E-state index is 15.0. The summed E-state index contributed by atoms with van der Waals surface area (Å²) in [5, 5.41) is 5.09. The molecule has 58 heavy (non-hydrogen) atoms. The monoisotopic (exact) mass is 783 g/mol. The largest absolute Gasteiger partial charge is 0.438 e. The Hall–Kier alpha value is -5.82. The highest BCUT2D eigenvalue weighted by Crippen LogP contribution is 2.56. The van der Waals surface area contributed by atoms with Gasteiger partial charge in [-0.3, -0.25) is 19.1 Å². The van der Waals surface area contributed by atoms with E-state index in [2.05, 4.69) is 56.9 Å². The van der Waals surface area contributed by atoms with Gasteiger partial charge in [0.05, 0.1) is 17.9 Å². The van der Waals surface area contributed by atoms with Gasteiger partial charge in [0.2, 0.25) is 5.95 Å². The average Bonchev–Trinajstić information content (AvgIpc) is 3.66. The van der Waals surface area contributed by atoms with Crippen LogP contribution >= 0.6 is 0 Å². The number of nitrogens with one attached hydrogen (secondary N) is 1. The summed E-state index contributed by atoms with van der Waals surface area (Å²) in [5.74, 6) is 0.449. The molecule has 1 saturated carbocycles. The van der Waals surface area contributed by atoms with Crippen molar-refractivity contribution in [3.05, 3.63) is 138 Å². The summed E-state index contributed by atoms with van der Waals surface area (Å²) in [6.07, 6.45) is 3.74. The molecule has 2 saturated heterocycles. The summed E-state index contributed by atoms with van der Waals surface area (Å²) < 4.78 is 29.3. The van der Waals surface area contributed by atoms with Crippen molar-refractivity contribution in [2.24, 2.45) is 5.92 Å². The second kappa shape index (κ2) is 13.9. The van der Waals surface area contributed by atoms with Crippen molar-refractivity contribution in [3.63, 3.8) is 0 Å². The van der Waals surface area contributed by atoms with Crippen molar-refractivity contribution in [1.82, 2.24) is 29.2 Å². The lowest BCUT2D eigenvalue weighted by atomic mass is 9.91. The van der Waals surface area contributed by atoms with Crippen LogP contribution < -0.4 is 16.2 Å². The van der Waals surface area contributed by atoms with Gasteiger partial charge in [-0.05, 0) is 110 Å². The first kappa shape index (κ1) is 36.5. The van der Waals surface area contributed by atoms with Crippen LogP contribution in [0.2, 0.25) is 0 Å². The Morgan fingerprint density at radius 1 is 0.931 bits per heavy atom. The number of halogens is 1. The van der Waals surface area contributed by atoms with Gasteiger partial charge in [-0.1, -0.05) is 48.5 Å². The summed E-state index contributed by atoms with van der Waals surface area (Å²) in [4.78, 5) is 54.0. The van der Waals surface area contributed by atoms with E-state index in [1.165, 1.54) is 11.1 Å². The number of aromatic nitrogens is 5. The Kier molecular flexibility index (Phi) is 8.77. The van der Waals surface area contributed by atoms with Crippen LogP contribution in [0.3, 0.4) is 0 Å². The predicted molar refractivity (Wildman–Crippen MR) is 216 cm³/mol. The molecular weight excluding hydrogens is 738 g/mol. The van der Waals surface area contributed by atoms with Crippen molar-refractivity contribution in [2.75, 3.05) is 37.7 Å². The van der Waals surface area contributed by atoms with Crippen LogP contribution in [0.1, 0.15) is 94.3 Å². The number of anilines is 1. The minimum absolute atomic E-state index is 0.0641. The molecule has 0 unspecified atom stereocenters. The van der Waals surface area contributed by atoms with E-state index in [1.807, 2.05) is 24.3 Å². The Morgan fingerprint density at radius 3 is 2.40 bits per heavy atom. The van der Waals surface area contributed by atoms with Crippen LogP contribution in [0, 0.1) is 25.6 Å². The molecule has 6 aromatic rings. The number of carbonyl (C=O) groups is 1. The number of benzene rings is 3. The third kappa shape index (κ3) is 5.92. The molecule has 3 aromatic carbocycles. The number of amides is 1. The fraction of sp³-hybridized carbons (Fsp3) is 0.400. The SMILES string of the molecule is Cc1cc(-n2c(N3CC[C@@H](c4ccccc4)C3)nc3c(c2=O)CCN(C(=O)c2cc4cc(C5CCOCC5)ccc4n2[C@]2(c4noc(=O)[nH]4)C[C@H]2C)C3)cc(C)c1F. The van der Waals surface area contributed by atoms with E-state index in [0.717, 1.165) is 43.4 Å². The molecule has 0 spiro atoms. The number of aromatic amines is 1.